The van der Waals surface area contributed by atoms with Gasteiger partial charge in [-0.1, -0.05) is 6.07 Å². The first-order valence-electron chi connectivity index (χ1n) is 4.99. The highest BCUT2D eigenvalue weighted by molar-refractivity contribution is 6.45. The largest absolute Gasteiger partial charge is 0.494 e. The van der Waals surface area contributed by atoms with Crippen LogP contribution in [0.25, 0.3) is 0 Å². The molecule has 0 aliphatic rings. The molecule has 0 aromatic heterocycles. The Kier molecular flexibility index (Phi) is 4.43. The molecule has 98 valence electrons. The molecule has 0 radical (unpaired) electrons. The first kappa shape index (κ1) is 14.0. The Bertz CT molecular complexity index is 588. The van der Waals surface area contributed by atoms with E-state index in [-0.39, 0.29) is 22.7 Å². The molecule has 8 nitrogen and oxygen atoms in total. The molecule has 0 heterocycles. The highest BCUT2D eigenvalue weighted by Gasteiger charge is 2.14. The maximum atomic E-state index is 11.1. The fourth-order valence-corrected chi connectivity index (χ4v) is 1.25. The summed E-state index contributed by atoms with van der Waals surface area (Å²) in [5, 5.41) is 28.4. The highest BCUT2D eigenvalue weighted by Crippen LogP contribution is 2.28. The summed E-state index contributed by atoms with van der Waals surface area (Å²) in [4.78, 5) is 11.1. The number of hydrogen-bond donors (Lipinski definition) is 4. The third-order valence-electron chi connectivity index (χ3n) is 2.12. The van der Waals surface area contributed by atoms with Gasteiger partial charge in [0.1, 0.15) is 17.5 Å². The smallest absolute Gasteiger partial charge is 0.338 e. The molecule has 5 N–H and O–H groups in total. The average molecular weight is 261 g/mol. The number of carboxylic acids is 1. The van der Waals surface area contributed by atoms with Gasteiger partial charge in [0, 0.05) is 0 Å². The standard InChI is InChI=1S/C11H11N5O3/c1-19-8-4-2-3-6(11(17)18)9(8)16-15-7(5-12)10(13)14/h2-4,16H,1H3,(H3,13,14)(H,17,18)/b15-7+. The first-order valence-corrected chi connectivity index (χ1v) is 4.99. The molecule has 0 unspecified atom stereocenters. The first-order chi connectivity index (χ1) is 9.01. The molecule has 1 rings (SSSR count). The molecule has 0 fully saturated rings. The Morgan fingerprint density at radius 1 is 1.63 bits per heavy atom. The number of carbonyl (C=O) groups is 1. The number of hydrazone groups is 1. The van der Waals surface area contributed by atoms with Crippen molar-refractivity contribution in [2.24, 2.45) is 10.8 Å². The van der Waals surface area contributed by atoms with Gasteiger partial charge in [-0.2, -0.15) is 10.4 Å². The molecule has 0 aliphatic heterocycles. The van der Waals surface area contributed by atoms with Crippen LogP contribution in [0.15, 0.2) is 23.3 Å². The Balaban J connectivity index is 3.23. The summed E-state index contributed by atoms with van der Waals surface area (Å²) >= 11 is 0. The molecule has 8 heteroatoms. The van der Waals surface area contributed by atoms with E-state index in [1.54, 1.807) is 6.07 Å². The number of nitrogens with zero attached hydrogens (tertiary/aromatic N) is 2. The van der Waals surface area contributed by atoms with E-state index in [9.17, 15) is 4.79 Å². The van der Waals surface area contributed by atoms with E-state index in [0.29, 0.717) is 0 Å². The van der Waals surface area contributed by atoms with Crippen molar-refractivity contribution in [2.75, 3.05) is 12.5 Å². The van der Waals surface area contributed by atoms with E-state index in [0.717, 1.165) is 0 Å². The highest BCUT2D eigenvalue weighted by atomic mass is 16.5. The molecule has 0 saturated carbocycles. The molecule has 19 heavy (non-hydrogen) atoms. The molecule has 0 aliphatic carbocycles. The Morgan fingerprint density at radius 3 is 2.79 bits per heavy atom. The zero-order valence-electron chi connectivity index (χ0n) is 9.97. The molecule has 0 saturated heterocycles. The molecule has 1 aromatic carbocycles. The van der Waals surface area contributed by atoms with E-state index in [4.69, 9.17) is 26.2 Å². The summed E-state index contributed by atoms with van der Waals surface area (Å²) < 4.78 is 5.00. The average Bonchev–Trinajstić information content (AvgIpc) is 2.38. The van der Waals surface area contributed by atoms with Crippen LogP contribution in [0.1, 0.15) is 10.4 Å². The van der Waals surface area contributed by atoms with Crippen molar-refractivity contribution in [1.82, 2.24) is 0 Å². The maximum Gasteiger partial charge on any atom is 0.338 e. The predicted octanol–water partition coefficient (Wildman–Crippen LogP) is 0.621. The van der Waals surface area contributed by atoms with Gasteiger partial charge in [0.25, 0.3) is 0 Å². The lowest BCUT2D eigenvalue weighted by Crippen LogP contribution is -2.22. The Labute approximate surface area is 108 Å². The second-order valence-corrected chi connectivity index (χ2v) is 3.29. The van der Waals surface area contributed by atoms with E-state index in [1.165, 1.54) is 25.3 Å². The Morgan fingerprint density at radius 2 is 2.32 bits per heavy atom. The summed E-state index contributed by atoms with van der Waals surface area (Å²) in [6.07, 6.45) is 0. The molecule has 0 amide bonds. The number of benzene rings is 1. The SMILES string of the molecule is COc1cccc(C(=O)O)c1N/N=C(\C#N)C(=N)N. The lowest BCUT2D eigenvalue weighted by Gasteiger charge is -2.10. The van der Waals surface area contributed by atoms with Gasteiger partial charge in [-0.25, -0.2) is 4.79 Å². The summed E-state index contributed by atoms with van der Waals surface area (Å²) in [6, 6.07) is 6.00. The zero-order chi connectivity index (χ0) is 14.4. The second kappa shape index (κ2) is 6.02. The molecular formula is C11H11N5O3. The van der Waals surface area contributed by atoms with Crippen molar-refractivity contribution in [1.29, 1.82) is 10.7 Å². The Hall–Kier alpha value is -3.08. The van der Waals surface area contributed by atoms with Gasteiger partial charge in [0.05, 0.1) is 12.7 Å². The number of anilines is 1. The van der Waals surface area contributed by atoms with Gasteiger partial charge in [-0.05, 0) is 12.1 Å². The quantitative estimate of drug-likeness (QED) is 0.347. The number of nitrogens with two attached hydrogens (primary N) is 1. The lowest BCUT2D eigenvalue weighted by atomic mass is 10.1. The maximum absolute atomic E-state index is 11.1. The third-order valence-corrected chi connectivity index (χ3v) is 2.12. The molecular weight excluding hydrogens is 250 g/mol. The van der Waals surface area contributed by atoms with Crippen LogP contribution in [0.4, 0.5) is 5.69 Å². The van der Waals surface area contributed by atoms with Gasteiger partial charge in [-0.15, -0.1) is 0 Å². The summed E-state index contributed by atoms with van der Waals surface area (Å²) in [5.41, 5.74) is 7.14. The molecule has 0 atom stereocenters. The van der Waals surface area contributed by atoms with Crippen molar-refractivity contribution in [2.45, 2.75) is 0 Å². The molecule has 0 spiro atoms. The number of aromatic carboxylic acids is 1. The van der Waals surface area contributed by atoms with Crippen LogP contribution in [-0.2, 0) is 0 Å². The molecule has 1 aromatic rings. The van der Waals surface area contributed by atoms with Crippen LogP contribution >= 0.6 is 0 Å². The molecule has 0 bridgehead atoms. The van der Waals surface area contributed by atoms with Crippen LogP contribution in [0.2, 0.25) is 0 Å². The van der Waals surface area contributed by atoms with Crippen LogP contribution in [-0.4, -0.2) is 29.7 Å². The van der Waals surface area contributed by atoms with Crippen molar-refractivity contribution >= 4 is 23.2 Å². The number of nitrogens with one attached hydrogen (secondary N) is 2. The number of rotatable bonds is 5. The number of methoxy groups -OCH3 is 1. The monoisotopic (exact) mass is 261 g/mol. The zero-order valence-corrected chi connectivity index (χ0v) is 9.97. The summed E-state index contributed by atoms with van der Waals surface area (Å²) in [7, 11) is 1.37. The van der Waals surface area contributed by atoms with Gasteiger partial charge in [0.15, 0.2) is 5.84 Å². The topological polar surface area (TPSA) is 145 Å². The van der Waals surface area contributed by atoms with E-state index >= 15 is 0 Å². The van der Waals surface area contributed by atoms with Crippen LogP contribution in [0.3, 0.4) is 0 Å². The van der Waals surface area contributed by atoms with Crippen molar-refractivity contribution in [3.63, 3.8) is 0 Å². The normalized spacial score (nSPS) is 10.4. The van der Waals surface area contributed by atoms with E-state index in [2.05, 4.69) is 10.5 Å². The van der Waals surface area contributed by atoms with E-state index in [1.807, 2.05) is 0 Å². The lowest BCUT2D eigenvalue weighted by molar-refractivity contribution is 0.0697. The number of nitriles is 1. The number of hydrogen-bond acceptors (Lipinski definition) is 6. The fourth-order valence-electron chi connectivity index (χ4n) is 1.25. The van der Waals surface area contributed by atoms with Crippen LogP contribution in [0.5, 0.6) is 5.75 Å². The van der Waals surface area contributed by atoms with Gasteiger partial charge in [-0.3, -0.25) is 10.8 Å². The number of carboxylic acid groups (broad SMARTS) is 1. The fraction of sp³-hybridized carbons (Fsp3) is 0.0909. The van der Waals surface area contributed by atoms with Crippen molar-refractivity contribution in [3.8, 4) is 11.8 Å². The van der Waals surface area contributed by atoms with Gasteiger partial charge in [0.2, 0.25) is 5.71 Å². The van der Waals surface area contributed by atoms with Crippen LogP contribution in [0, 0.1) is 16.7 Å². The number of ether oxygens (including phenoxy) is 1. The van der Waals surface area contributed by atoms with Gasteiger partial charge >= 0.3 is 5.97 Å². The second-order valence-electron chi connectivity index (χ2n) is 3.29. The predicted molar refractivity (Wildman–Crippen MR) is 68.5 cm³/mol. The van der Waals surface area contributed by atoms with Crippen molar-refractivity contribution in [3.05, 3.63) is 23.8 Å². The van der Waals surface area contributed by atoms with Crippen LogP contribution < -0.4 is 15.9 Å². The number of amidine groups is 1. The minimum atomic E-state index is -1.18. The van der Waals surface area contributed by atoms with Gasteiger partial charge < -0.3 is 15.6 Å². The minimum absolute atomic E-state index is 0.0755. The third kappa shape index (κ3) is 3.19. The summed E-state index contributed by atoms with van der Waals surface area (Å²) in [5.74, 6) is -1.47. The van der Waals surface area contributed by atoms with E-state index < -0.39 is 11.8 Å². The van der Waals surface area contributed by atoms with Crippen molar-refractivity contribution < 1.29 is 14.6 Å². The number of para-hydroxylation sites is 1. The summed E-state index contributed by atoms with van der Waals surface area (Å²) in [6.45, 7) is 0. The minimum Gasteiger partial charge on any atom is -0.494 e.